The first kappa shape index (κ1) is 18.3. The smallest absolute Gasteiger partial charge is 0.237 e. The van der Waals surface area contributed by atoms with Gasteiger partial charge in [-0.25, -0.2) is 4.98 Å². The van der Waals surface area contributed by atoms with Gasteiger partial charge in [0.1, 0.15) is 5.75 Å². The number of nitrogens with one attached hydrogen (secondary N) is 1. The van der Waals surface area contributed by atoms with Crippen molar-refractivity contribution in [3.63, 3.8) is 0 Å². The fourth-order valence-electron chi connectivity index (χ4n) is 3.25. The van der Waals surface area contributed by atoms with Gasteiger partial charge >= 0.3 is 0 Å². The maximum Gasteiger partial charge on any atom is 0.237 e. The van der Waals surface area contributed by atoms with Crippen molar-refractivity contribution in [3.05, 3.63) is 48.4 Å². The molecule has 1 amide bonds. The van der Waals surface area contributed by atoms with Gasteiger partial charge in [-0.2, -0.15) is 0 Å². The van der Waals surface area contributed by atoms with E-state index < -0.39 is 5.60 Å². The molecule has 1 atom stereocenters. The number of carbonyl (C=O) groups is 1. The van der Waals surface area contributed by atoms with Crippen molar-refractivity contribution in [2.75, 3.05) is 20.1 Å². The Morgan fingerprint density at radius 2 is 2.15 bits per heavy atom. The number of aromatic nitrogens is 2. The van der Waals surface area contributed by atoms with Gasteiger partial charge in [-0.15, -0.1) is 0 Å². The number of benzene rings is 1. The van der Waals surface area contributed by atoms with Crippen LogP contribution in [0.1, 0.15) is 24.8 Å². The molecule has 2 aromatic rings. The molecule has 2 N–H and O–H groups in total. The van der Waals surface area contributed by atoms with Crippen LogP contribution in [0.25, 0.3) is 0 Å². The van der Waals surface area contributed by atoms with E-state index in [1.165, 1.54) is 0 Å². The van der Waals surface area contributed by atoms with Crippen molar-refractivity contribution < 1.29 is 14.6 Å². The van der Waals surface area contributed by atoms with Crippen molar-refractivity contribution in [2.24, 2.45) is 0 Å². The number of likely N-dealkylation sites (tertiary alicyclic amines) is 1. The number of ether oxygens (including phenoxy) is 1. The second-order valence-electron chi connectivity index (χ2n) is 6.68. The minimum absolute atomic E-state index is 0.125. The molecule has 1 aromatic heterocycles. The third kappa shape index (κ3) is 5.00. The summed E-state index contributed by atoms with van der Waals surface area (Å²) in [5, 5.41) is 13.3. The fraction of sp³-hybridized carbons (Fsp3) is 0.421. The quantitative estimate of drug-likeness (QED) is 0.820. The van der Waals surface area contributed by atoms with Crippen molar-refractivity contribution in [3.8, 4) is 11.6 Å². The first-order valence-corrected chi connectivity index (χ1v) is 8.74. The predicted octanol–water partition coefficient (Wildman–Crippen LogP) is 1.73. The van der Waals surface area contributed by atoms with E-state index in [-0.39, 0.29) is 12.3 Å². The number of piperidine rings is 1. The minimum Gasteiger partial charge on any atom is -0.438 e. The predicted molar refractivity (Wildman–Crippen MR) is 96.7 cm³/mol. The van der Waals surface area contributed by atoms with Gasteiger partial charge in [0.2, 0.25) is 11.8 Å². The third-order valence-electron chi connectivity index (χ3n) is 4.49. The summed E-state index contributed by atoms with van der Waals surface area (Å²) in [6.45, 7) is 2.13. The lowest BCUT2D eigenvalue weighted by Gasteiger charge is -2.38. The highest BCUT2D eigenvalue weighted by atomic mass is 16.5. The summed E-state index contributed by atoms with van der Waals surface area (Å²) in [7, 11) is 1.59. The van der Waals surface area contributed by atoms with E-state index in [4.69, 9.17) is 4.74 Å². The zero-order chi connectivity index (χ0) is 18.4. The van der Waals surface area contributed by atoms with Crippen molar-refractivity contribution >= 4 is 5.91 Å². The van der Waals surface area contributed by atoms with Crippen molar-refractivity contribution in [1.82, 2.24) is 20.2 Å². The van der Waals surface area contributed by atoms with Crippen molar-refractivity contribution in [1.29, 1.82) is 0 Å². The molecule has 1 unspecified atom stereocenters. The number of hydrogen-bond donors (Lipinski definition) is 2. The number of rotatable bonds is 6. The standard InChI is InChI=1S/C19H24N4O3/c1-20-17(24)11-19(25)7-2-10-23(14-19)13-15-3-5-16(6-4-15)26-18-12-21-8-9-22-18/h3-6,8-9,12,25H,2,7,10-11,13-14H2,1H3,(H,20,24). The monoisotopic (exact) mass is 356 g/mol. The summed E-state index contributed by atoms with van der Waals surface area (Å²) in [6, 6.07) is 7.78. The first-order valence-electron chi connectivity index (χ1n) is 8.74. The van der Waals surface area contributed by atoms with Crippen LogP contribution in [0.3, 0.4) is 0 Å². The highest BCUT2D eigenvalue weighted by Crippen LogP contribution is 2.26. The first-order chi connectivity index (χ1) is 12.6. The summed E-state index contributed by atoms with van der Waals surface area (Å²) < 4.78 is 5.64. The lowest BCUT2D eigenvalue weighted by Crippen LogP contribution is -2.49. The molecule has 7 heteroatoms. The van der Waals surface area contributed by atoms with Crippen LogP contribution in [0, 0.1) is 0 Å². The van der Waals surface area contributed by atoms with Gasteiger partial charge in [0.15, 0.2) is 0 Å². The summed E-state index contributed by atoms with van der Waals surface area (Å²) in [5.41, 5.74) is 0.175. The number of carbonyl (C=O) groups excluding carboxylic acids is 1. The number of β-amino-alcohol motifs (C(OH)–C–C–N with tert-alkyl or cyclic N) is 1. The summed E-state index contributed by atoms with van der Waals surface area (Å²) >= 11 is 0. The summed E-state index contributed by atoms with van der Waals surface area (Å²) in [5.74, 6) is 1.03. The fourth-order valence-corrected chi connectivity index (χ4v) is 3.25. The zero-order valence-electron chi connectivity index (χ0n) is 14.9. The van der Waals surface area contributed by atoms with E-state index in [1.807, 2.05) is 24.3 Å². The average molecular weight is 356 g/mol. The minimum atomic E-state index is -0.951. The van der Waals surface area contributed by atoms with Crippen LogP contribution in [0.15, 0.2) is 42.9 Å². The summed E-state index contributed by atoms with van der Waals surface area (Å²) in [6.07, 6.45) is 6.42. The van der Waals surface area contributed by atoms with Crippen LogP contribution in [0.5, 0.6) is 11.6 Å². The molecule has 1 aromatic carbocycles. The Morgan fingerprint density at radius 3 is 2.85 bits per heavy atom. The Hall–Kier alpha value is -2.51. The molecule has 7 nitrogen and oxygen atoms in total. The Morgan fingerprint density at radius 1 is 1.35 bits per heavy atom. The molecule has 1 fully saturated rings. The molecule has 0 aliphatic carbocycles. The Bertz CT molecular complexity index is 723. The topological polar surface area (TPSA) is 87.6 Å². The molecule has 0 radical (unpaired) electrons. The molecule has 0 spiro atoms. The largest absolute Gasteiger partial charge is 0.438 e. The molecule has 138 valence electrons. The van der Waals surface area contributed by atoms with E-state index in [0.29, 0.717) is 24.6 Å². The highest BCUT2D eigenvalue weighted by Gasteiger charge is 2.35. The number of aliphatic hydroxyl groups is 1. The van der Waals surface area contributed by atoms with Gasteiger partial charge in [-0.3, -0.25) is 14.7 Å². The Balaban J connectivity index is 1.57. The van der Waals surface area contributed by atoms with Gasteiger partial charge in [0, 0.05) is 32.5 Å². The van der Waals surface area contributed by atoms with Crippen LogP contribution in [-0.4, -0.2) is 51.6 Å². The Labute approximate surface area is 153 Å². The van der Waals surface area contributed by atoms with E-state index in [2.05, 4.69) is 20.2 Å². The van der Waals surface area contributed by atoms with E-state index in [9.17, 15) is 9.90 Å². The summed E-state index contributed by atoms with van der Waals surface area (Å²) in [4.78, 5) is 21.9. The molecule has 1 aliphatic heterocycles. The molecular weight excluding hydrogens is 332 g/mol. The second-order valence-corrected chi connectivity index (χ2v) is 6.68. The van der Waals surface area contributed by atoms with Gasteiger partial charge in [0.05, 0.1) is 18.2 Å². The van der Waals surface area contributed by atoms with Crippen LogP contribution < -0.4 is 10.1 Å². The van der Waals surface area contributed by atoms with Crippen molar-refractivity contribution in [2.45, 2.75) is 31.4 Å². The lowest BCUT2D eigenvalue weighted by molar-refractivity contribution is -0.128. The molecule has 1 aliphatic rings. The van der Waals surface area contributed by atoms with Crippen LogP contribution in [0.2, 0.25) is 0 Å². The van der Waals surface area contributed by atoms with Crippen LogP contribution in [0.4, 0.5) is 0 Å². The van der Waals surface area contributed by atoms with E-state index in [0.717, 1.165) is 25.1 Å². The zero-order valence-corrected chi connectivity index (χ0v) is 14.9. The third-order valence-corrected chi connectivity index (χ3v) is 4.49. The lowest BCUT2D eigenvalue weighted by atomic mass is 9.89. The SMILES string of the molecule is CNC(=O)CC1(O)CCCN(Cc2ccc(Oc3cnccn3)cc2)C1. The molecule has 0 saturated carbocycles. The van der Waals surface area contributed by atoms with Gasteiger partial charge in [-0.1, -0.05) is 12.1 Å². The van der Waals surface area contributed by atoms with Gasteiger partial charge in [0.25, 0.3) is 0 Å². The van der Waals surface area contributed by atoms with E-state index in [1.54, 1.807) is 25.6 Å². The maximum atomic E-state index is 11.6. The normalized spacial score (nSPS) is 20.5. The number of nitrogens with zero attached hydrogens (tertiary/aromatic N) is 3. The maximum absolute atomic E-state index is 11.6. The molecule has 0 bridgehead atoms. The molecule has 26 heavy (non-hydrogen) atoms. The second kappa shape index (κ2) is 8.25. The van der Waals surface area contributed by atoms with Gasteiger partial charge in [-0.05, 0) is 37.1 Å². The number of hydrogen-bond acceptors (Lipinski definition) is 6. The van der Waals surface area contributed by atoms with Crippen LogP contribution >= 0.6 is 0 Å². The molecular formula is C19H24N4O3. The van der Waals surface area contributed by atoms with Crippen LogP contribution in [-0.2, 0) is 11.3 Å². The Kier molecular flexibility index (Phi) is 5.80. The molecule has 3 rings (SSSR count). The average Bonchev–Trinajstić information content (AvgIpc) is 2.64. The van der Waals surface area contributed by atoms with E-state index >= 15 is 0 Å². The number of amides is 1. The molecule has 2 heterocycles. The van der Waals surface area contributed by atoms with Gasteiger partial charge < -0.3 is 15.2 Å². The molecule has 1 saturated heterocycles. The highest BCUT2D eigenvalue weighted by molar-refractivity contribution is 5.76.